The third-order valence-electron chi connectivity index (χ3n) is 1.37. The number of furan rings is 1. The summed E-state index contributed by atoms with van der Waals surface area (Å²) < 4.78 is 40.5. The van der Waals surface area contributed by atoms with Gasteiger partial charge in [0.1, 0.15) is 12.0 Å². The van der Waals surface area contributed by atoms with E-state index in [9.17, 15) is 13.2 Å². The molecule has 0 aliphatic carbocycles. The standard InChI is InChI=1S/C7H8F3NO.ClH/c8-7(9,10)5-3-6(1-2-11)12-4-5;/h3-4H,1-2,11H2;1H. The molecule has 0 saturated carbocycles. The van der Waals surface area contributed by atoms with Gasteiger partial charge >= 0.3 is 6.18 Å². The van der Waals surface area contributed by atoms with Crippen molar-refractivity contribution < 1.29 is 17.6 Å². The molecule has 0 atom stereocenters. The Morgan fingerprint density at radius 3 is 2.38 bits per heavy atom. The predicted octanol–water partition coefficient (Wildman–Crippen LogP) is 2.22. The minimum absolute atomic E-state index is 0. The number of hydrogen-bond donors (Lipinski definition) is 1. The number of alkyl halides is 3. The number of halogens is 4. The van der Waals surface area contributed by atoms with Crippen molar-refractivity contribution in [1.29, 1.82) is 0 Å². The largest absolute Gasteiger partial charge is 0.469 e. The second-order valence-electron chi connectivity index (χ2n) is 2.34. The van der Waals surface area contributed by atoms with E-state index in [0.717, 1.165) is 6.07 Å². The van der Waals surface area contributed by atoms with Gasteiger partial charge in [-0.2, -0.15) is 13.2 Å². The average molecular weight is 216 g/mol. The quantitative estimate of drug-likeness (QED) is 0.822. The Labute approximate surface area is 79.3 Å². The van der Waals surface area contributed by atoms with E-state index in [1.807, 2.05) is 0 Å². The molecule has 2 nitrogen and oxygen atoms in total. The van der Waals surface area contributed by atoms with Gasteiger partial charge in [-0.25, -0.2) is 0 Å². The molecule has 0 amide bonds. The van der Waals surface area contributed by atoms with Crippen molar-refractivity contribution in [1.82, 2.24) is 0 Å². The third-order valence-corrected chi connectivity index (χ3v) is 1.37. The van der Waals surface area contributed by atoms with Crippen molar-refractivity contribution in [2.75, 3.05) is 6.54 Å². The summed E-state index contributed by atoms with van der Waals surface area (Å²) in [7, 11) is 0. The molecule has 13 heavy (non-hydrogen) atoms. The van der Waals surface area contributed by atoms with Crippen molar-refractivity contribution in [3.8, 4) is 0 Å². The Hall–Kier alpha value is -0.680. The van der Waals surface area contributed by atoms with E-state index in [0.29, 0.717) is 12.7 Å². The first-order valence-electron chi connectivity index (χ1n) is 3.38. The number of nitrogens with two attached hydrogens (primary N) is 1. The fraction of sp³-hybridized carbons (Fsp3) is 0.429. The van der Waals surface area contributed by atoms with Crippen LogP contribution < -0.4 is 5.73 Å². The van der Waals surface area contributed by atoms with Crippen molar-refractivity contribution in [3.05, 3.63) is 23.7 Å². The highest BCUT2D eigenvalue weighted by Crippen LogP contribution is 2.30. The van der Waals surface area contributed by atoms with Crippen LogP contribution in [0.4, 0.5) is 13.2 Å². The lowest BCUT2D eigenvalue weighted by atomic mass is 10.2. The third kappa shape index (κ3) is 3.28. The minimum Gasteiger partial charge on any atom is -0.469 e. The molecule has 6 heteroatoms. The summed E-state index contributed by atoms with van der Waals surface area (Å²) in [5.74, 6) is 0.268. The van der Waals surface area contributed by atoms with E-state index in [1.54, 1.807) is 0 Å². The summed E-state index contributed by atoms with van der Waals surface area (Å²) in [5, 5.41) is 0. The Kier molecular flexibility index (Phi) is 4.29. The molecule has 76 valence electrons. The summed E-state index contributed by atoms with van der Waals surface area (Å²) in [6.07, 6.45) is -3.29. The molecule has 0 aliphatic heterocycles. The van der Waals surface area contributed by atoms with Crippen LogP contribution in [0, 0.1) is 0 Å². The average Bonchev–Trinajstić information content (AvgIpc) is 2.35. The smallest absolute Gasteiger partial charge is 0.419 e. The molecular weight excluding hydrogens is 207 g/mol. The Morgan fingerprint density at radius 1 is 1.38 bits per heavy atom. The zero-order valence-electron chi connectivity index (χ0n) is 6.60. The van der Waals surface area contributed by atoms with Gasteiger partial charge in [-0.1, -0.05) is 0 Å². The zero-order chi connectivity index (χ0) is 9.19. The molecule has 1 heterocycles. The van der Waals surface area contributed by atoms with Gasteiger partial charge in [0.2, 0.25) is 0 Å². The van der Waals surface area contributed by atoms with Crippen LogP contribution in [0.2, 0.25) is 0 Å². The van der Waals surface area contributed by atoms with Crippen molar-refractivity contribution in [3.63, 3.8) is 0 Å². The Morgan fingerprint density at radius 2 is 2.00 bits per heavy atom. The molecule has 1 aromatic heterocycles. The van der Waals surface area contributed by atoms with E-state index in [1.165, 1.54) is 0 Å². The maximum Gasteiger partial charge on any atom is 0.419 e. The van der Waals surface area contributed by atoms with Crippen LogP contribution in [0.5, 0.6) is 0 Å². The van der Waals surface area contributed by atoms with Crippen LogP contribution in [0.25, 0.3) is 0 Å². The Bertz CT molecular complexity index is 258. The molecule has 0 aromatic carbocycles. The molecule has 0 unspecified atom stereocenters. The van der Waals surface area contributed by atoms with Gasteiger partial charge in [0.05, 0.1) is 5.56 Å². The molecule has 1 aromatic rings. The molecule has 1 rings (SSSR count). The van der Waals surface area contributed by atoms with Gasteiger partial charge in [0.25, 0.3) is 0 Å². The van der Waals surface area contributed by atoms with Gasteiger partial charge in [0, 0.05) is 6.42 Å². The van der Waals surface area contributed by atoms with Crippen LogP contribution in [-0.2, 0) is 12.6 Å². The highest BCUT2D eigenvalue weighted by atomic mass is 35.5. The molecule has 0 saturated heterocycles. The van der Waals surface area contributed by atoms with Crippen LogP contribution in [0.3, 0.4) is 0 Å². The number of hydrogen-bond acceptors (Lipinski definition) is 2. The van der Waals surface area contributed by atoms with Crippen molar-refractivity contribution >= 4 is 12.4 Å². The fourth-order valence-corrected chi connectivity index (χ4v) is 0.803. The van der Waals surface area contributed by atoms with E-state index in [4.69, 9.17) is 5.73 Å². The van der Waals surface area contributed by atoms with Crippen LogP contribution in [0.1, 0.15) is 11.3 Å². The summed E-state index contributed by atoms with van der Waals surface area (Å²) >= 11 is 0. The molecule has 0 radical (unpaired) electrons. The minimum atomic E-state index is -4.32. The van der Waals surface area contributed by atoms with Crippen LogP contribution >= 0.6 is 12.4 Å². The van der Waals surface area contributed by atoms with E-state index < -0.39 is 11.7 Å². The first kappa shape index (κ1) is 12.3. The molecular formula is C7H9ClF3NO. The van der Waals surface area contributed by atoms with Gasteiger partial charge in [-0.05, 0) is 12.6 Å². The molecule has 0 aliphatic rings. The molecule has 0 spiro atoms. The lowest BCUT2D eigenvalue weighted by Gasteiger charge is -1.99. The summed E-state index contributed by atoms with van der Waals surface area (Å²) in [6.45, 7) is 0.283. The lowest BCUT2D eigenvalue weighted by Crippen LogP contribution is -2.03. The monoisotopic (exact) mass is 215 g/mol. The first-order chi connectivity index (χ1) is 5.54. The van der Waals surface area contributed by atoms with Crippen molar-refractivity contribution in [2.24, 2.45) is 5.73 Å². The van der Waals surface area contributed by atoms with Gasteiger partial charge in [-0.3, -0.25) is 0 Å². The molecule has 0 fully saturated rings. The van der Waals surface area contributed by atoms with Crippen molar-refractivity contribution in [2.45, 2.75) is 12.6 Å². The SMILES string of the molecule is Cl.NCCc1cc(C(F)(F)F)co1. The lowest BCUT2D eigenvalue weighted by molar-refractivity contribution is -0.137. The fourth-order valence-electron chi connectivity index (χ4n) is 0.803. The van der Waals surface area contributed by atoms with Crippen LogP contribution in [-0.4, -0.2) is 6.54 Å². The maximum atomic E-state index is 12.0. The van der Waals surface area contributed by atoms with E-state index >= 15 is 0 Å². The van der Waals surface area contributed by atoms with E-state index in [2.05, 4.69) is 4.42 Å². The predicted molar refractivity (Wildman–Crippen MR) is 43.7 cm³/mol. The highest BCUT2D eigenvalue weighted by molar-refractivity contribution is 5.85. The molecule has 2 N–H and O–H groups in total. The topological polar surface area (TPSA) is 39.2 Å². The first-order valence-corrected chi connectivity index (χ1v) is 3.38. The van der Waals surface area contributed by atoms with Gasteiger partial charge in [-0.15, -0.1) is 12.4 Å². The highest BCUT2D eigenvalue weighted by Gasteiger charge is 2.32. The maximum absolute atomic E-state index is 12.0. The van der Waals surface area contributed by atoms with Gasteiger partial charge < -0.3 is 10.2 Å². The Balaban J connectivity index is 0.00000144. The summed E-state index contributed by atoms with van der Waals surface area (Å²) in [4.78, 5) is 0. The summed E-state index contributed by atoms with van der Waals surface area (Å²) in [5.41, 5.74) is 4.38. The van der Waals surface area contributed by atoms with E-state index in [-0.39, 0.29) is 24.7 Å². The second kappa shape index (κ2) is 4.53. The molecule has 0 bridgehead atoms. The van der Waals surface area contributed by atoms with Crippen LogP contribution in [0.15, 0.2) is 16.7 Å². The van der Waals surface area contributed by atoms with Gasteiger partial charge in [0.15, 0.2) is 0 Å². The second-order valence-corrected chi connectivity index (χ2v) is 2.34. The normalized spacial score (nSPS) is 11.1. The number of rotatable bonds is 2. The summed E-state index contributed by atoms with van der Waals surface area (Å²) in [6, 6.07) is 0.965. The zero-order valence-corrected chi connectivity index (χ0v) is 7.41.